The predicted octanol–water partition coefficient (Wildman–Crippen LogP) is 0.886. The summed E-state index contributed by atoms with van der Waals surface area (Å²) in [6, 6.07) is 0. The van der Waals surface area contributed by atoms with Crippen LogP contribution >= 0.6 is 0 Å². The van der Waals surface area contributed by atoms with Gasteiger partial charge in [0.1, 0.15) is 6.10 Å². The highest BCUT2D eigenvalue weighted by Crippen LogP contribution is 2.22. The summed E-state index contributed by atoms with van der Waals surface area (Å²) in [4.78, 5) is 6.76. The van der Waals surface area contributed by atoms with Crippen molar-refractivity contribution in [2.24, 2.45) is 5.92 Å². The highest BCUT2D eigenvalue weighted by Gasteiger charge is 2.22. The maximum Gasteiger partial charge on any atom is 0.111 e. The van der Waals surface area contributed by atoms with Crippen LogP contribution in [0.2, 0.25) is 0 Å². The fourth-order valence-corrected chi connectivity index (χ4v) is 3.21. The van der Waals surface area contributed by atoms with E-state index in [1.165, 1.54) is 31.6 Å². The second kappa shape index (κ2) is 6.03. The fraction of sp³-hybridized carbons (Fsp3) is 0.786. The van der Waals surface area contributed by atoms with Gasteiger partial charge in [-0.2, -0.15) is 0 Å². The molecule has 5 nitrogen and oxygen atoms in total. The summed E-state index contributed by atoms with van der Waals surface area (Å²) in [5.74, 6) is 0.739. The Morgan fingerprint density at radius 3 is 3.26 bits per heavy atom. The zero-order valence-electron chi connectivity index (χ0n) is 11.7. The number of morpholine rings is 1. The predicted molar refractivity (Wildman–Crippen MR) is 74.0 cm³/mol. The number of hydrogen-bond donors (Lipinski definition) is 1. The minimum absolute atomic E-state index is 0.164. The van der Waals surface area contributed by atoms with Gasteiger partial charge in [-0.15, -0.1) is 0 Å². The first kappa shape index (κ1) is 13.1. The van der Waals surface area contributed by atoms with Crippen molar-refractivity contribution in [3.8, 4) is 0 Å². The molecule has 2 fully saturated rings. The van der Waals surface area contributed by atoms with Crippen LogP contribution in [0.1, 0.15) is 24.6 Å². The van der Waals surface area contributed by atoms with Crippen LogP contribution in [0.5, 0.6) is 0 Å². The molecule has 0 aromatic carbocycles. The van der Waals surface area contributed by atoms with Crippen LogP contribution in [0.25, 0.3) is 0 Å². The lowest BCUT2D eigenvalue weighted by molar-refractivity contribution is 0.0220. The lowest BCUT2D eigenvalue weighted by Crippen LogP contribution is -2.36. The van der Waals surface area contributed by atoms with Crippen molar-refractivity contribution in [1.29, 1.82) is 0 Å². The van der Waals surface area contributed by atoms with E-state index in [0.717, 1.165) is 32.2 Å². The van der Waals surface area contributed by atoms with E-state index in [9.17, 15) is 0 Å². The lowest BCUT2D eigenvalue weighted by atomic mass is 9.98. The number of ether oxygens (including phenoxy) is 1. The summed E-state index contributed by atoms with van der Waals surface area (Å²) < 4.78 is 8.13. The van der Waals surface area contributed by atoms with Crippen LogP contribution in [-0.4, -0.2) is 54.3 Å². The average molecular weight is 264 g/mol. The molecule has 1 aromatic heterocycles. The number of hydrogen-bond acceptors (Lipinski definition) is 4. The van der Waals surface area contributed by atoms with Gasteiger partial charge in [-0.05, 0) is 32.4 Å². The summed E-state index contributed by atoms with van der Waals surface area (Å²) in [7, 11) is 2.22. The molecule has 19 heavy (non-hydrogen) atoms. The molecule has 2 saturated heterocycles. The SMILES string of the molecule is CN1CCCC(Cn2cncc2C2CNCCO2)C1. The highest BCUT2D eigenvalue weighted by molar-refractivity contribution is 5.05. The molecule has 0 spiro atoms. The van der Waals surface area contributed by atoms with Crippen molar-refractivity contribution in [2.45, 2.75) is 25.5 Å². The molecule has 0 amide bonds. The van der Waals surface area contributed by atoms with Gasteiger partial charge < -0.3 is 19.5 Å². The molecule has 3 rings (SSSR count). The Kier molecular flexibility index (Phi) is 4.15. The smallest absolute Gasteiger partial charge is 0.111 e. The lowest BCUT2D eigenvalue weighted by Gasteiger charge is -2.31. The summed E-state index contributed by atoms with van der Waals surface area (Å²) in [6.07, 6.45) is 6.72. The molecular formula is C14H24N4O. The van der Waals surface area contributed by atoms with E-state index in [2.05, 4.69) is 26.8 Å². The molecule has 1 aromatic rings. The first-order chi connectivity index (χ1) is 9.33. The van der Waals surface area contributed by atoms with Gasteiger partial charge in [-0.1, -0.05) is 0 Å². The van der Waals surface area contributed by atoms with Gasteiger partial charge in [0.05, 0.1) is 24.8 Å². The summed E-state index contributed by atoms with van der Waals surface area (Å²) in [6.45, 7) is 6.15. The summed E-state index contributed by atoms with van der Waals surface area (Å²) >= 11 is 0. The molecular weight excluding hydrogens is 240 g/mol. The summed E-state index contributed by atoms with van der Waals surface area (Å²) in [5, 5.41) is 3.39. The maximum atomic E-state index is 5.84. The van der Waals surface area contributed by atoms with Crippen molar-refractivity contribution in [2.75, 3.05) is 39.8 Å². The van der Waals surface area contributed by atoms with Crippen LogP contribution in [0.15, 0.2) is 12.5 Å². The van der Waals surface area contributed by atoms with Crippen molar-refractivity contribution in [3.63, 3.8) is 0 Å². The van der Waals surface area contributed by atoms with E-state index < -0.39 is 0 Å². The maximum absolute atomic E-state index is 5.84. The highest BCUT2D eigenvalue weighted by atomic mass is 16.5. The zero-order chi connectivity index (χ0) is 13.1. The Morgan fingerprint density at radius 1 is 1.53 bits per heavy atom. The van der Waals surface area contributed by atoms with Crippen LogP contribution in [0.3, 0.4) is 0 Å². The molecule has 0 aliphatic carbocycles. The third kappa shape index (κ3) is 3.16. The Morgan fingerprint density at radius 2 is 2.47 bits per heavy atom. The molecule has 5 heteroatoms. The quantitative estimate of drug-likeness (QED) is 0.880. The molecule has 2 aliphatic rings. The van der Waals surface area contributed by atoms with Gasteiger partial charge in [0.15, 0.2) is 0 Å². The minimum Gasteiger partial charge on any atom is -0.369 e. The molecule has 106 valence electrons. The Bertz CT molecular complexity index is 400. The van der Waals surface area contributed by atoms with Crippen molar-refractivity contribution >= 4 is 0 Å². The van der Waals surface area contributed by atoms with E-state index in [1.807, 2.05) is 12.5 Å². The molecule has 3 heterocycles. The third-order valence-corrected chi connectivity index (χ3v) is 4.18. The average Bonchev–Trinajstić information content (AvgIpc) is 2.88. The molecule has 2 atom stereocenters. The van der Waals surface area contributed by atoms with Gasteiger partial charge in [0, 0.05) is 26.2 Å². The number of imidazole rings is 1. The topological polar surface area (TPSA) is 42.3 Å². The third-order valence-electron chi connectivity index (χ3n) is 4.18. The van der Waals surface area contributed by atoms with Gasteiger partial charge >= 0.3 is 0 Å². The first-order valence-corrected chi connectivity index (χ1v) is 7.34. The number of likely N-dealkylation sites (tertiary alicyclic amines) is 1. The van der Waals surface area contributed by atoms with Crippen molar-refractivity contribution < 1.29 is 4.74 Å². The normalized spacial score (nSPS) is 29.5. The molecule has 2 unspecified atom stereocenters. The van der Waals surface area contributed by atoms with E-state index in [0.29, 0.717) is 0 Å². The van der Waals surface area contributed by atoms with Gasteiger partial charge in [-0.25, -0.2) is 4.98 Å². The Labute approximate surface area is 114 Å². The Balaban J connectivity index is 1.65. The van der Waals surface area contributed by atoms with Crippen LogP contribution in [0.4, 0.5) is 0 Å². The number of nitrogens with one attached hydrogen (secondary N) is 1. The monoisotopic (exact) mass is 264 g/mol. The minimum atomic E-state index is 0.164. The van der Waals surface area contributed by atoms with Crippen LogP contribution in [-0.2, 0) is 11.3 Å². The van der Waals surface area contributed by atoms with E-state index in [1.54, 1.807) is 0 Å². The Hall–Kier alpha value is -0.910. The van der Waals surface area contributed by atoms with Crippen molar-refractivity contribution in [1.82, 2.24) is 19.8 Å². The summed E-state index contributed by atoms with van der Waals surface area (Å²) in [5.41, 5.74) is 1.22. The van der Waals surface area contributed by atoms with Crippen LogP contribution in [0, 0.1) is 5.92 Å². The molecule has 0 bridgehead atoms. The van der Waals surface area contributed by atoms with Gasteiger partial charge in [0.25, 0.3) is 0 Å². The van der Waals surface area contributed by atoms with E-state index >= 15 is 0 Å². The fourth-order valence-electron chi connectivity index (χ4n) is 3.21. The second-order valence-electron chi connectivity index (χ2n) is 5.80. The molecule has 0 radical (unpaired) electrons. The number of nitrogens with zero attached hydrogens (tertiary/aromatic N) is 3. The first-order valence-electron chi connectivity index (χ1n) is 7.34. The number of aromatic nitrogens is 2. The molecule has 1 N–H and O–H groups in total. The molecule has 2 aliphatic heterocycles. The number of rotatable bonds is 3. The van der Waals surface area contributed by atoms with Gasteiger partial charge in [0.2, 0.25) is 0 Å². The largest absolute Gasteiger partial charge is 0.369 e. The van der Waals surface area contributed by atoms with Crippen molar-refractivity contribution in [3.05, 3.63) is 18.2 Å². The molecule has 0 saturated carbocycles. The number of piperidine rings is 1. The standard InChI is InChI=1S/C14H24N4O/c1-17-5-2-3-12(9-17)10-18-11-16-7-13(18)14-8-15-4-6-19-14/h7,11-12,14-15H,2-6,8-10H2,1H3. The zero-order valence-corrected chi connectivity index (χ0v) is 11.7. The van der Waals surface area contributed by atoms with Gasteiger partial charge in [-0.3, -0.25) is 0 Å². The van der Waals surface area contributed by atoms with Crippen LogP contribution < -0.4 is 5.32 Å². The van der Waals surface area contributed by atoms with E-state index in [4.69, 9.17) is 4.74 Å². The second-order valence-corrected chi connectivity index (χ2v) is 5.80. The van der Waals surface area contributed by atoms with E-state index in [-0.39, 0.29) is 6.10 Å².